The van der Waals surface area contributed by atoms with Gasteiger partial charge in [0.15, 0.2) is 5.82 Å². The minimum Gasteiger partial charge on any atom is -0.481 e. The van der Waals surface area contributed by atoms with Crippen LogP contribution in [0.1, 0.15) is 44.9 Å². The first-order chi connectivity index (χ1) is 9.06. The molecule has 0 spiro atoms. The number of aliphatic carboxylic acids is 1. The van der Waals surface area contributed by atoms with Crippen molar-refractivity contribution in [2.45, 2.75) is 51.2 Å². The minimum atomic E-state index is -0.752. The third-order valence-corrected chi connectivity index (χ3v) is 4.44. The van der Waals surface area contributed by atoms with Gasteiger partial charge in [-0.1, -0.05) is 6.42 Å². The lowest BCUT2D eigenvalue weighted by molar-refractivity contribution is -0.156. The van der Waals surface area contributed by atoms with Gasteiger partial charge in [0, 0.05) is 6.61 Å². The molecule has 7 nitrogen and oxygen atoms in total. The van der Waals surface area contributed by atoms with Crippen molar-refractivity contribution in [3.8, 4) is 0 Å². The average molecular weight is 266 g/mol. The van der Waals surface area contributed by atoms with Crippen LogP contribution >= 0.6 is 0 Å². The van der Waals surface area contributed by atoms with Gasteiger partial charge >= 0.3 is 5.97 Å². The molecule has 7 heteroatoms. The van der Waals surface area contributed by atoms with Crippen molar-refractivity contribution >= 4 is 5.97 Å². The number of carbonyl (C=O) groups is 1. The molecule has 0 amide bonds. The van der Waals surface area contributed by atoms with Crippen LogP contribution < -0.4 is 0 Å². The Morgan fingerprint density at radius 1 is 1.42 bits per heavy atom. The summed E-state index contributed by atoms with van der Waals surface area (Å²) in [5, 5.41) is 21.1. The molecule has 1 unspecified atom stereocenters. The van der Waals surface area contributed by atoms with E-state index in [0.29, 0.717) is 31.8 Å². The fourth-order valence-electron chi connectivity index (χ4n) is 2.98. The van der Waals surface area contributed by atoms with E-state index in [9.17, 15) is 9.90 Å². The Morgan fingerprint density at radius 2 is 2.21 bits per heavy atom. The second-order valence-electron chi connectivity index (χ2n) is 5.78. The van der Waals surface area contributed by atoms with E-state index in [0.717, 1.165) is 19.3 Å². The Morgan fingerprint density at radius 3 is 2.74 bits per heavy atom. The quantitative estimate of drug-likeness (QED) is 0.872. The van der Waals surface area contributed by atoms with Gasteiger partial charge in [0.1, 0.15) is 5.60 Å². The molecule has 1 atom stereocenters. The Balaban J connectivity index is 1.86. The lowest BCUT2D eigenvalue weighted by atomic mass is 9.69. The van der Waals surface area contributed by atoms with Gasteiger partial charge < -0.3 is 9.84 Å². The Bertz CT molecular complexity index is 489. The summed E-state index contributed by atoms with van der Waals surface area (Å²) in [4.78, 5) is 11.4. The molecule has 1 saturated heterocycles. The van der Waals surface area contributed by atoms with E-state index in [1.807, 2.05) is 6.92 Å². The number of ether oxygens (including phenoxy) is 1. The first-order valence-electron chi connectivity index (χ1n) is 6.70. The summed E-state index contributed by atoms with van der Waals surface area (Å²) in [5.41, 5.74) is -1.17. The Hall–Kier alpha value is -1.50. The smallest absolute Gasteiger partial charge is 0.311 e. The van der Waals surface area contributed by atoms with Gasteiger partial charge in [-0.25, -0.2) is 4.68 Å². The van der Waals surface area contributed by atoms with Gasteiger partial charge in [-0.15, -0.1) is 5.10 Å². The van der Waals surface area contributed by atoms with Crippen molar-refractivity contribution in [1.82, 2.24) is 20.2 Å². The average Bonchev–Trinajstić information content (AvgIpc) is 2.92. The van der Waals surface area contributed by atoms with E-state index in [1.54, 1.807) is 4.68 Å². The largest absolute Gasteiger partial charge is 0.481 e. The van der Waals surface area contributed by atoms with Crippen molar-refractivity contribution in [2.24, 2.45) is 5.41 Å². The van der Waals surface area contributed by atoms with Crippen molar-refractivity contribution in [1.29, 1.82) is 0 Å². The molecule has 1 saturated carbocycles. The van der Waals surface area contributed by atoms with Gasteiger partial charge in [0.2, 0.25) is 0 Å². The van der Waals surface area contributed by atoms with Crippen LogP contribution in [0.2, 0.25) is 0 Å². The van der Waals surface area contributed by atoms with Crippen molar-refractivity contribution in [3.05, 3.63) is 5.82 Å². The first-order valence-corrected chi connectivity index (χ1v) is 6.70. The maximum Gasteiger partial charge on any atom is 0.311 e. The number of rotatable bonds is 4. The van der Waals surface area contributed by atoms with Crippen LogP contribution in [0.3, 0.4) is 0 Å². The first kappa shape index (κ1) is 12.5. The molecular formula is C12H18N4O3. The lowest BCUT2D eigenvalue weighted by Crippen LogP contribution is -2.43. The Kier molecular flexibility index (Phi) is 2.81. The number of carboxylic acid groups (broad SMARTS) is 1. The van der Waals surface area contributed by atoms with E-state index in [1.165, 1.54) is 0 Å². The van der Waals surface area contributed by atoms with Crippen molar-refractivity contribution < 1.29 is 14.6 Å². The second-order valence-corrected chi connectivity index (χ2v) is 5.78. The van der Waals surface area contributed by atoms with E-state index >= 15 is 0 Å². The molecule has 0 radical (unpaired) electrons. The monoisotopic (exact) mass is 266 g/mol. The van der Waals surface area contributed by atoms with Gasteiger partial charge in [-0.2, -0.15) is 0 Å². The summed E-state index contributed by atoms with van der Waals surface area (Å²) in [7, 11) is 0. The second kappa shape index (κ2) is 4.26. The van der Waals surface area contributed by atoms with Gasteiger partial charge in [-0.05, 0) is 43.0 Å². The van der Waals surface area contributed by atoms with E-state index in [4.69, 9.17) is 4.74 Å². The summed E-state index contributed by atoms with van der Waals surface area (Å²) in [6.45, 7) is 3.01. The molecule has 104 valence electrons. The molecule has 2 aliphatic rings. The Labute approximate surface area is 110 Å². The molecule has 3 rings (SSSR count). The summed E-state index contributed by atoms with van der Waals surface area (Å²) in [6.07, 6.45) is 4.19. The predicted molar refractivity (Wildman–Crippen MR) is 64.3 cm³/mol. The van der Waals surface area contributed by atoms with Crippen LogP contribution in [-0.4, -0.2) is 37.9 Å². The summed E-state index contributed by atoms with van der Waals surface area (Å²) >= 11 is 0. The molecule has 1 N–H and O–H groups in total. The minimum absolute atomic E-state index is 0.337. The highest BCUT2D eigenvalue weighted by Gasteiger charge is 2.47. The number of carboxylic acids is 1. The molecule has 2 fully saturated rings. The summed E-state index contributed by atoms with van der Waals surface area (Å²) in [5.74, 6) is -0.102. The molecule has 1 aromatic rings. The molecule has 19 heavy (non-hydrogen) atoms. The molecule has 1 aromatic heterocycles. The van der Waals surface area contributed by atoms with Gasteiger partial charge in [-0.3, -0.25) is 4.79 Å². The maximum atomic E-state index is 11.4. The number of hydrogen-bond donors (Lipinski definition) is 1. The third kappa shape index (κ3) is 1.92. The fraction of sp³-hybridized carbons (Fsp3) is 0.833. The van der Waals surface area contributed by atoms with Gasteiger partial charge in [0.25, 0.3) is 0 Å². The topological polar surface area (TPSA) is 90.1 Å². The number of aromatic nitrogens is 4. The van der Waals surface area contributed by atoms with E-state index in [2.05, 4.69) is 15.5 Å². The standard InChI is InChI=1S/C12H18N4O3/c1-11(4-3-7-19-11)9-13-14-15-16(9)8-12(10(17)18)5-2-6-12/h2-8H2,1H3,(H,17,18). The zero-order valence-electron chi connectivity index (χ0n) is 11.0. The van der Waals surface area contributed by atoms with Crippen LogP contribution in [0.5, 0.6) is 0 Å². The summed E-state index contributed by atoms with van der Waals surface area (Å²) < 4.78 is 7.36. The highest BCUT2D eigenvalue weighted by molar-refractivity contribution is 5.75. The van der Waals surface area contributed by atoms with Gasteiger partial charge in [0.05, 0.1) is 12.0 Å². The normalized spacial score (nSPS) is 29.1. The van der Waals surface area contributed by atoms with Crippen LogP contribution in [0.4, 0.5) is 0 Å². The number of nitrogens with zero attached hydrogens (tertiary/aromatic N) is 4. The van der Waals surface area contributed by atoms with E-state index in [-0.39, 0.29) is 0 Å². The SMILES string of the molecule is CC1(c2nnnn2CC2(C(=O)O)CCC2)CCCO1. The predicted octanol–water partition coefficient (Wildman–Crippen LogP) is 0.954. The van der Waals surface area contributed by atoms with Crippen molar-refractivity contribution in [2.75, 3.05) is 6.61 Å². The molecule has 2 heterocycles. The van der Waals surface area contributed by atoms with Crippen LogP contribution in [-0.2, 0) is 21.7 Å². The molecule has 0 bridgehead atoms. The summed E-state index contributed by atoms with van der Waals surface area (Å²) in [6, 6.07) is 0. The highest BCUT2D eigenvalue weighted by Crippen LogP contribution is 2.43. The van der Waals surface area contributed by atoms with Crippen molar-refractivity contribution in [3.63, 3.8) is 0 Å². The number of hydrogen-bond acceptors (Lipinski definition) is 5. The fourth-order valence-corrected chi connectivity index (χ4v) is 2.98. The van der Waals surface area contributed by atoms with Crippen LogP contribution in [0.25, 0.3) is 0 Å². The maximum absolute atomic E-state index is 11.4. The van der Waals surface area contributed by atoms with E-state index < -0.39 is 17.0 Å². The lowest BCUT2D eigenvalue weighted by Gasteiger charge is -2.37. The highest BCUT2D eigenvalue weighted by atomic mass is 16.5. The third-order valence-electron chi connectivity index (χ3n) is 4.44. The molecule has 0 aromatic carbocycles. The number of tetrazole rings is 1. The van der Waals surface area contributed by atoms with Crippen LogP contribution in [0, 0.1) is 5.41 Å². The zero-order valence-corrected chi connectivity index (χ0v) is 11.0. The van der Waals surface area contributed by atoms with Crippen LogP contribution in [0.15, 0.2) is 0 Å². The zero-order chi connectivity index (χ0) is 13.5. The molecular weight excluding hydrogens is 248 g/mol. The molecule has 1 aliphatic heterocycles. The molecule has 1 aliphatic carbocycles.